The van der Waals surface area contributed by atoms with Crippen molar-refractivity contribution >= 4 is 12.0 Å². The van der Waals surface area contributed by atoms with Crippen molar-refractivity contribution in [1.29, 1.82) is 0 Å². The van der Waals surface area contributed by atoms with Gasteiger partial charge in [-0.3, -0.25) is 4.79 Å². The molecule has 0 spiro atoms. The van der Waals surface area contributed by atoms with Gasteiger partial charge in [0.2, 0.25) is 5.91 Å². The lowest BCUT2D eigenvalue weighted by molar-refractivity contribution is -0.120. The number of carbonyl (C=O) groups is 2. The summed E-state index contributed by atoms with van der Waals surface area (Å²) in [6.45, 7) is 5.71. The number of hydrogen-bond acceptors (Lipinski definition) is 4. The molecular formula is C18H28N2O4. The standard InChI is InChI=1S/C18H28N2O4/c1-18(2,3)24-17(23)20-11-10-15(21)14-7-5-6-13(12-14)8-9-16(22)19-4/h5-7,12,15,21H,8-11H2,1-4H3,(H,19,22)(H,20,23). The molecule has 0 aliphatic rings. The molecule has 0 aliphatic heterocycles. The first-order valence-electron chi connectivity index (χ1n) is 8.15. The van der Waals surface area contributed by atoms with Gasteiger partial charge in [0.05, 0.1) is 6.10 Å². The Hall–Kier alpha value is -2.08. The highest BCUT2D eigenvalue weighted by Crippen LogP contribution is 2.18. The Morgan fingerprint density at radius 1 is 1.29 bits per heavy atom. The van der Waals surface area contributed by atoms with E-state index in [-0.39, 0.29) is 5.91 Å². The van der Waals surface area contributed by atoms with Gasteiger partial charge in [0.15, 0.2) is 0 Å². The zero-order valence-corrected chi connectivity index (χ0v) is 14.9. The smallest absolute Gasteiger partial charge is 0.407 e. The molecule has 0 saturated heterocycles. The van der Waals surface area contributed by atoms with Gasteiger partial charge in [-0.1, -0.05) is 24.3 Å². The van der Waals surface area contributed by atoms with E-state index in [2.05, 4.69) is 10.6 Å². The normalized spacial score (nSPS) is 12.4. The van der Waals surface area contributed by atoms with Crippen LogP contribution in [0.2, 0.25) is 0 Å². The number of hydrogen-bond donors (Lipinski definition) is 3. The third kappa shape index (κ3) is 7.97. The van der Waals surface area contributed by atoms with E-state index in [0.29, 0.717) is 25.8 Å². The fourth-order valence-electron chi connectivity index (χ4n) is 2.13. The molecule has 3 N–H and O–H groups in total. The molecule has 1 aromatic carbocycles. The van der Waals surface area contributed by atoms with Crippen LogP contribution >= 0.6 is 0 Å². The minimum absolute atomic E-state index is 0.0116. The van der Waals surface area contributed by atoms with E-state index >= 15 is 0 Å². The Morgan fingerprint density at radius 2 is 2.00 bits per heavy atom. The number of nitrogens with one attached hydrogen (secondary N) is 2. The first-order valence-corrected chi connectivity index (χ1v) is 8.15. The number of amides is 2. The number of aryl methyl sites for hydroxylation is 1. The van der Waals surface area contributed by atoms with E-state index < -0.39 is 17.8 Å². The minimum atomic E-state index is -0.681. The molecule has 6 nitrogen and oxygen atoms in total. The second kappa shape index (κ2) is 9.27. The van der Waals surface area contributed by atoms with E-state index in [4.69, 9.17) is 4.74 Å². The van der Waals surface area contributed by atoms with E-state index in [1.54, 1.807) is 27.8 Å². The molecule has 1 atom stereocenters. The molecule has 134 valence electrons. The van der Waals surface area contributed by atoms with Crippen LogP contribution in [0, 0.1) is 0 Å². The summed E-state index contributed by atoms with van der Waals surface area (Å²) in [6.07, 6.45) is 0.249. The maximum Gasteiger partial charge on any atom is 0.407 e. The fraction of sp³-hybridized carbons (Fsp3) is 0.556. The van der Waals surface area contributed by atoms with Crippen LogP contribution < -0.4 is 10.6 Å². The van der Waals surface area contributed by atoms with Gasteiger partial charge in [-0.05, 0) is 44.7 Å². The molecule has 0 heterocycles. The maximum atomic E-state index is 11.6. The molecule has 0 fully saturated rings. The van der Waals surface area contributed by atoms with Gasteiger partial charge in [0.25, 0.3) is 0 Å². The number of alkyl carbamates (subject to hydrolysis) is 1. The first kappa shape index (κ1) is 20.0. The van der Waals surface area contributed by atoms with Crippen LogP contribution in [-0.2, 0) is 16.0 Å². The second-order valence-electron chi connectivity index (χ2n) is 6.65. The van der Waals surface area contributed by atoms with E-state index in [1.807, 2.05) is 24.3 Å². The predicted octanol–water partition coefficient (Wildman–Crippen LogP) is 2.31. The van der Waals surface area contributed by atoms with Crippen LogP contribution in [0.5, 0.6) is 0 Å². The molecule has 0 radical (unpaired) electrons. The fourth-order valence-corrected chi connectivity index (χ4v) is 2.13. The Morgan fingerprint density at radius 3 is 2.62 bits per heavy atom. The van der Waals surface area contributed by atoms with Crippen molar-refractivity contribution in [3.63, 3.8) is 0 Å². The largest absolute Gasteiger partial charge is 0.444 e. The summed E-state index contributed by atoms with van der Waals surface area (Å²) in [6, 6.07) is 7.51. The lowest BCUT2D eigenvalue weighted by atomic mass is 10.0. The maximum absolute atomic E-state index is 11.6. The molecular weight excluding hydrogens is 308 g/mol. The van der Waals surface area contributed by atoms with Crippen LogP contribution in [0.1, 0.15) is 50.8 Å². The average Bonchev–Trinajstić information content (AvgIpc) is 2.51. The average molecular weight is 336 g/mol. The lowest BCUT2D eigenvalue weighted by Crippen LogP contribution is -2.33. The highest BCUT2D eigenvalue weighted by Gasteiger charge is 2.16. The molecule has 1 aromatic rings. The van der Waals surface area contributed by atoms with Gasteiger partial charge in [-0.2, -0.15) is 0 Å². The summed E-state index contributed by atoms with van der Waals surface area (Å²) in [4.78, 5) is 22.9. The topological polar surface area (TPSA) is 87.7 Å². The Labute approximate surface area is 143 Å². The lowest BCUT2D eigenvalue weighted by Gasteiger charge is -2.20. The van der Waals surface area contributed by atoms with Gasteiger partial charge in [-0.25, -0.2) is 4.79 Å². The highest BCUT2D eigenvalue weighted by molar-refractivity contribution is 5.75. The van der Waals surface area contributed by atoms with Gasteiger partial charge < -0.3 is 20.5 Å². The summed E-state index contributed by atoms with van der Waals surface area (Å²) in [5.41, 5.74) is 1.23. The zero-order chi connectivity index (χ0) is 18.2. The Bertz CT molecular complexity index is 552. The molecule has 6 heteroatoms. The van der Waals surface area contributed by atoms with Crippen LogP contribution in [0.25, 0.3) is 0 Å². The summed E-state index contributed by atoms with van der Waals surface area (Å²) in [5.74, 6) is -0.0116. The van der Waals surface area contributed by atoms with Crippen molar-refractivity contribution in [1.82, 2.24) is 10.6 Å². The van der Waals surface area contributed by atoms with Gasteiger partial charge in [0.1, 0.15) is 5.60 Å². The van der Waals surface area contributed by atoms with Crippen molar-refractivity contribution in [2.24, 2.45) is 0 Å². The van der Waals surface area contributed by atoms with Gasteiger partial charge >= 0.3 is 6.09 Å². The van der Waals surface area contributed by atoms with E-state index in [1.165, 1.54) is 0 Å². The van der Waals surface area contributed by atoms with E-state index in [0.717, 1.165) is 11.1 Å². The summed E-state index contributed by atoms with van der Waals surface area (Å²) < 4.78 is 5.14. The number of aliphatic hydroxyl groups excluding tert-OH is 1. The highest BCUT2D eigenvalue weighted by atomic mass is 16.6. The predicted molar refractivity (Wildman–Crippen MR) is 92.6 cm³/mol. The minimum Gasteiger partial charge on any atom is -0.444 e. The molecule has 1 unspecified atom stereocenters. The molecule has 24 heavy (non-hydrogen) atoms. The Kier molecular flexibility index (Phi) is 7.71. The molecule has 2 amide bonds. The molecule has 0 bridgehead atoms. The Balaban J connectivity index is 2.46. The molecule has 0 aromatic heterocycles. The first-order chi connectivity index (χ1) is 11.2. The molecule has 0 aliphatic carbocycles. The number of rotatable bonds is 7. The number of ether oxygens (including phenoxy) is 1. The van der Waals surface area contributed by atoms with Gasteiger partial charge in [-0.15, -0.1) is 0 Å². The van der Waals surface area contributed by atoms with Crippen molar-refractivity contribution in [3.8, 4) is 0 Å². The number of aliphatic hydroxyl groups is 1. The monoisotopic (exact) mass is 336 g/mol. The third-order valence-electron chi connectivity index (χ3n) is 3.34. The van der Waals surface area contributed by atoms with Crippen molar-refractivity contribution in [2.75, 3.05) is 13.6 Å². The summed E-state index contributed by atoms with van der Waals surface area (Å²) in [7, 11) is 1.61. The quantitative estimate of drug-likeness (QED) is 0.713. The number of carbonyl (C=O) groups excluding carboxylic acids is 2. The van der Waals surface area contributed by atoms with E-state index in [9.17, 15) is 14.7 Å². The van der Waals surface area contributed by atoms with Crippen LogP contribution in [0.4, 0.5) is 4.79 Å². The van der Waals surface area contributed by atoms with Crippen LogP contribution in [0.15, 0.2) is 24.3 Å². The summed E-state index contributed by atoms with van der Waals surface area (Å²) >= 11 is 0. The molecule has 0 saturated carbocycles. The van der Waals surface area contributed by atoms with Crippen LogP contribution in [0.3, 0.4) is 0 Å². The third-order valence-corrected chi connectivity index (χ3v) is 3.34. The van der Waals surface area contributed by atoms with Crippen molar-refractivity contribution < 1.29 is 19.4 Å². The molecule has 1 rings (SSSR count). The zero-order valence-electron chi connectivity index (χ0n) is 14.9. The number of benzene rings is 1. The second-order valence-corrected chi connectivity index (χ2v) is 6.65. The van der Waals surface area contributed by atoms with Crippen molar-refractivity contribution in [2.45, 2.75) is 51.7 Å². The van der Waals surface area contributed by atoms with Crippen molar-refractivity contribution in [3.05, 3.63) is 35.4 Å². The van der Waals surface area contributed by atoms with Gasteiger partial charge in [0, 0.05) is 20.0 Å². The summed E-state index contributed by atoms with van der Waals surface area (Å²) in [5, 5.41) is 15.5. The SMILES string of the molecule is CNC(=O)CCc1cccc(C(O)CCNC(=O)OC(C)(C)C)c1. The van der Waals surface area contributed by atoms with Crippen LogP contribution in [-0.4, -0.2) is 36.3 Å².